The predicted octanol–water partition coefficient (Wildman–Crippen LogP) is 8.53. The smallest absolute Gasteiger partial charge is 0.198 e. The molecule has 8 nitrogen and oxygen atoms in total. The van der Waals surface area contributed by atoms with Crippen LogP contribution in [-0.4, -0.2) is 49.3 Å². The van der Waals surface area contributed by atoms with Crippen LogP contribution in [0.25, 0.3) is 22.2 Å². The van der Waals surface area contributed by atoms with Gasteiger partial charge in [-0.3, -0.25) is 4.79 Å². The Bertz CT molecular complexity index is 1800. The van der Waals surface area contributed by atoms with Crippen molar-refractivity contribution in [1.82, 2.24) is 9.55 Å². The van der Waals surface area contributed by atoms with Crippen molar-refractivity contribution in [3.05, 3.63) is 71.6 Å². The number of ketones is 1. The third kappa shape index (κ3) is 8.48. The normalized spacial score (nSPS) is 14.2. The van der Waals surface area contributed by atoms with E-state index in [2.05, 4.69) is 30.7 Å². The number of hydrogen-bond donors (Lipinski definition) is 0. The molecule has 2 aromatic heterocycles. The van der Waals surface area contributed by atoms with Crippen molar-refractivity contribution in [3.8, 4) is 34.4 Å². The fourth-order valence-corrected chi connectivity index (χ4v) is 6.35. The molecule has 11 heteroatoms. The lowest BCUT2D eigenvalue weighted by Gasteiger charge is -2.31. The summed E-state index contributed by atoms with van der Waals surface area (Å²) in [6.07, 6.45) is 3.46. The number of nitriles is 1. The van der Waals surface area contributed by atoms with Crippen molar-refractivity contribution in [2.24, 2.45) is 11.8 Å². The van der Waals surface area contributed by atoms with Gasteiger partial charge in [-0.05, 0) is 67.3 Å². The SMILES string of the molecule is CC(C)Oc1cc(-c2cn(COCC[Si](C)(C)C)c3nccc(Oc4c(F)cc(CC(=O)CC(C)C5COC5)cc4F)c23)ccc1C#N. The summed E-state index contributed by atoms with van der Waals surface area (Å²) in [7, 11) is -1.32. The highest BCUT2D eigenvalue weighted by Gasteiger charge is 2.27. The molecule has 48 heavy (non-hydrogen) atoms. The van der Waals surface area contributed by atoms with E-state index in [0.717, 1.165) is 18.2 Å². The number of hydrogen-bond acceptors (Lipinski definition) is 7. The number of rotatable bonds is 15. The summed E-state index contributed by atoms with van der Waals surface area (Å²) in [5.41, 5.74) is 2.49. The molecule has 0 N–H and O–H groups in total. The minimum Gasteiger partial charge on any atom is -0.490 e. The number of fused-ring (bicyclic) bond motifs is 1. The van der Waals surface area contributed by atoms with Gasteiger partial charge in [0.25, 0.3) is 0 Å². The van der Waals surface area contributed by atoms with Crippen LogP contribution < -0.4 is 9.47 Å². The number of nitrogens with zero attached hydrogens (tertiary/aromatic N) is 3. The molecule has 1 aliphatic heterocycles. The molecule has 254 valence electrons. The van der Waals surface area contributed by atoms with Crippen LogP contribution >= 0.6 is 0 Å². The lowest BCUT2D eigenvalue weighted by molar-refractivity contribution is -0.121. The Morgan fingerprint density at radius 3 is 2.46 bits per heavy atom. The average molecular weight is 676 g/mol. The molecule has 0 amide bonds. The van der Waals surface area contributed by atoms with Crippen LogP contribution in [0, 0.1) is 34.8 Å². The zero-order valence-corrected chi connectivity index (χ0v) is 29.4. The van der Waals surface area contributed by atoms with Crippen LogP contribution in [0.5, 0.6) is 17.2 Å². The maximum Gasteiger partial charge on any atom is 0.198 e. The molecule has 0 aliphatic carbocycles. The van der Waals surface area contributed by atoms with E-state index in [4.69, 9.17) is 18.9 Å². The zero-order valence-electron chi connectivity index (χ0n) is 28.4. The number of ether oxygens (including phenoxy) is 4. The molecule has 1 aliphatic rings. The first-order chi connectivity index (χ1) is 22.8. The van der Waals surface area contributed by atoms with Crippen molar-refractivity contribution in [1.29, 1.82) is 5.26 Å². The molecule has 2 aromatic carbocycles. The number of aromatic nitrogens is 2. The molecule has 0 saturated carbocycles. The Labute approximate surface area is 281 Å². The summed E-state index contributed by atoms with van der Waals surface area (Å²) < 4.78 is 56.1. The van der Waals surface area contributed by atoms with E-state index in [0.29, 0.717) is 65.6 Å². The van der Waals surface area contributed by atoms with Gasteiger partial charge in [0.05, 0.1) is 30.3 Å². The Kier molecular flexibility index (Phi) is 11.0. The van der Waals surface area contributed by atoms with Gasteiger partial charge in [0, 0.05) is 51.4 Å². The number of carbonyl (C=O) groups is 1. The monoisotopic (exact) mass is 675 g/mol. The largest absolute Gasteiger partial charge is 0.490 e. The maximum absolute atomic E-state index is 15.5. The van der Waals surface area contributed by atoms with Gasteiger partial charge in [-0.2, -0.15) is 5.26 Å². The highest BCUT2D eigenvalue weighted by molar-refractivity contribution is 6.76. The summed E-state index contributed by atoms with van der Waals surface area (Å²) in [5, 5.41) is 10.2. The van der Waals surface area contributed by atoms with Crippen molar-refractivity contribution < 1.29 is 32.5 Å². The fourth-order valence-electron chi connectivity index (χ4n) is 5.59. The summed E-state index contributed by atoms with van der Waals surface area (Å²) >= 11 is 0. The second-order valence-corrected chi connectivity index (χ2v) is 19.7. The van der Waals surface area contributed by atoms with Gasteiger partial charge < -0.3 is 23.5 Å². The van der Waals surface area contributed by atoms with Crippen molar-refractivity contribution >= 4 is 24.9 Å². The van der Waals surface area contributed by atoms with Crippen molar-refractivity contribution in [2.75, 3.05) is 19.8 Å². The lowest BCUT2D eigenvalue weighted by atomic mass is 9.87. The van der Waals surface area contributed by atoms with E-state index < -0.39 is 25.5 Å². The van der Waals surface area contributed by atoms with E-state index in [1.165, 1.54) is 6.20 Å². The Balaban J connectivity index is 1.49. The van der Waals surface area contributed by atoms with Gasteiger partial charge in [-0.1, -0.05) is 32.6 Å². The van der Waals surface area contributed by atoms with E-state index in [1.54, 1.807) is 24.3 Å². The Morgan fingerprint density at radius 2 is 1.83 bits per heavy atom. The first-order valence-electron chi connectivity index (χ1n) is 16.3. The number of benzene rings is 2. The minimum absolute atomic E-state index is 0.0737. The second kappa shape index (κ2) is 15.0. The quantitative estimate of drug-likeness (QED) is 0.0921. The summed E-state index contributed by atoms with van der Waals surface area (Å²) in [4.78, 5) is 17.3. The molecular formula is C37H43F2N3O5Si. The van der Waals surface area contributed by atoms with Gasteiger partial charge in [0.2, 0.25) is 0 Å². The second-order valence-electron chi connectivity index (χ2n) is 14.0. The molecule has 0 bridgehead atoms. The maximum atomic E-state index is 15.5. The van der Waals surface area contributed by atoms with E-state index in [-0.39, 0.29) is 42.3 Å². The predicted molar refractivity (Wildman–Crippen MR) is 183 cm³/mol. The number of Topliss-reactive ketones (excluding diaryl/α,β-unsaturated/α-hetero) is 1. The van der Waals surface area contributed by atoms with Crippen LogP contribution in [0.3, 0.4) is 0 Å². The summed E-state index contributed by atoms with van der Waals surface area (Å²) in [6.45, 7) is 14.7. The fraction of sp³-hybridized carbons (Fsp3) is 0.432. The van der Waals surface area contributed by atoms with Gasteiger partial charge >= 0.3 is 0 Å². The molecule has 5 rings (SSSR count). The van der Waals surface area contributed by atoms with Crippen LogP contribution in [-0.2, 0) is 27.4 Å². The molecule has 1 fully saturated rings. The number of pyridine rings is 1. The molecule has 1 saturated heterocycles. The van der Waals surface area contributed by atoms with Gasteiger partial charge in [-0.25, -0.2) is 13.8 Å². The van der Waals surface area contributed by atoms with E-state index in [1.807, 2.05) is 31.5 Å². The van der Waals surface area contributed by atoms with Crippen LogP contribution in [0.1, 0.15) is 38.3 Å². The molecule has 3 heterocycles. The molecule has 1 atom stereocenters. The van der Waals surface area contributed by atoms with Crippen molar-refractivity contribution in [3.63, 3.8) is 0 Å². The van der Waals surface area contributed by atoms with Crippen LogP contribution in [0.2, 0.25) is 25.7 Å². The van der Waals surface area contributed by atoms with Crippen LogP contribution in [0.4, 0.5) is 8.78 Å². The molecule has 0 spiro atoms. The van der Waals surface area contributed by atoms with Gasteiger partial charge in [0.15, 0.2) is 17.4 Å². The highest BCUT2D eigenvalue weighted by atomic mass is 28.3. The molecule has 1 unspecified atom stereocenters. The minimum atomic E-state index is -1.32. The van der Waals surface area contributed by atoms with Crippen molar-refractivity contribution in [2.45, 2.75) is 72.1 Å². The van der Waals surface area contributed by atoms with E-state index >= 15 is 8.78 Å². The lowest BCUT2D eigenvalue weighted by Crippen LogP contribution is -2.34. The third-order valence-electron chi connectivity index (χ3n) is 8.41. The zero-order chi connectivity index (χ0) is 34.6. The average Bonchev–Trinajstić information content (AvgIpc) is 3.34. The van der Waals surface area contributed by atoms with Gasteiger partial charge in [0.1, 0.15) is 35.7 Å². The first kappa shape index (κ1) is 35.2. The Hall–Kier alpha value is -4.11. The standard InChI is InChI=1S/C37H43F2N3O5Si/c1-23(2)46-34-17-26(7-8-27(34)18-40)30-19-42(22-44-11-12-48(4,5)6)37-35(30)33(9-10-41-37)47-36-31(38)15-25(16-32(36)39)14-29(43)13-24(3)28-20-45-21-28/h7-10,15-17,19,23-24,28H,11-14,20-22H2,1-6H3. The summed E-state index contributed by atoms with van der Waals surface area (Å²) in [6, 6.07) is 12.3. The first-order valence-corrected chi connectivity index (χ1v) is 20.1. The Morgan fingerprint density at radius 1 is 1.10 bits per heavy atom. The van der Waals surface area contributed by atoms with E-state index in [9.17, 15) is 10.1 Å². The topological polar surface area (TPSA) is 95.6 Å². The third-order valence-corrected chi connectivity index (χ3v) is 10.1. The molecule has 0 radical (unpaired) electrons. The molecule has 4 aromatic rings. The van der Waals surface area contributed by atoms with Gasteiger partial charge in [-0.15, -0.1) is 0 Å². The highest BCUT2D eigenvalue weighted by Crippen LogP contribution is 2.41. The molecular weight excluding hydrogens is 633 g/mol. The number of carbonyl (C=O) groups excluding carboxylic acids is 1. The summed E-state index contributed by atoms with van der Waals surface area (Å²) in [5.74, 6) is -1.40. The number of halogens is 2. The van der Waals surface area contributed by atoms with Crippen LogP contribution in [0.15, 0.2) is 48.8 Å².